The second-order valence-corrected chi connectivity index (χ2v) is 4.96. The predicted molar refractivity (Wildman–Crippen MR) is 74.5 cm³/mol. The number of carbonyl (C=O) groups excluding carboxylic acids is 1. The lowest BCUT2D eigenvalue weighted by molar-refractivity contribution is 0.0996. The van der Waals surface area contributed by atoms with Crippen molar-refractivity contribution >= 4 is 11.6 Å². The number of carbonyl (C=O) groups is 1. The van der Waals surface area contributed by atoms with Crippen molar-refractivity contribution in [1.82, 2.24) is 0 Å². The van der Waals surface area contributed by atoms with Crippen LogP contribution in [0.3, 0.4) is 0 Å². The number of hydrogen-bond acceptors (Lipinski definition) is 2. The number of benzene rings is 2. The van der Waals surface area contributed by atoms with Crippen molar-refractivity contribution in [3.05, 3.63) is 58.7 Å². The minimum atomic E-state index is -0.0471. The minimum Gasteiger partial charge on any atom is -0.508 e. The van der Waals surface area contributed by atoms with Gasteiger partial charge in [0, 0.05) is 16.8 Å². The minimum absolute atomic E-state index is 0.0471. The fourth-order valence-electron chi connectivity index (χ4n) is 2.42. The molecule has 0 bridgehead atoms. The van der Waals surface area contributed by atoms with Crippen LogP contribution in [0.2, 0.25) is 0 Å². The molecule has 0 spiro atoms. The molecule has 1 N–H and O–H groups in total. The summed E-state index contributed by atoms with van der Waals surface area (Å²) in [6.45, 7) is 4.51. The molecule has 3 rings (SSSR count). The molecule has 0 fully saturated rings. The maximum atomic E-state index is 12.4. The lowest BCUT2D eigenvalue weighted by Gasteiger charge is -2.17. The zero-order valence-electron chi connectivity index (χ0n) is 11.0. The van der Waals surface area contributed by atoms with E-state index in [9.17, 15) is 9.90 Å². The fraction of sp³-hybridized carbons (Fsp3) is 0.188. The quantitative estimate of drug-likeness (QED) is 0.848. The number of phenolic OH excluding ortho intramolecular Hbond substituents is 1. The summed E-state index contributed by atoms with van der Waals surface area (Å²) in [5.41, 5.74) is 4.55. The number of nitrogens with zero attached hydrogens (tertiary/aromatic N) is 1. The second-order valence-electron chi connectivity index (χ2n) is 4.96. The lowest BCUT2D eigenvalue weighted by atomic mass is 10.1. The molecule has 0 atom stereocenters. The predicted octanol–water partition coefficient (Wildman–Crippen LogP) is 3.17. The topological polar surface area (TPSA) is 40.5 Å². The smallest absolute Gasteiger partial charge is 0.259 e. The molecule has 1 aliphatic heterocycles. The van der Waals surface area contributed by atoms with E-state index >= 15 is 0 Å². The molecule has 0 aromatic heterocycles. The van der Waals surface area contributed by atoms with Crippen molar-refractivity contribution in [2.24, 2.45) is 0 Å². The molecule has 19 heavy (non-hydrogen) atoms. The van der Waals surface area contributed by atoms with Crippen LogP contribution in [0.1, 0.15) is 27.0 Å². The molecule has 0 saturated carbocycles. The summed E-state index contributed by atoms with van der Waals surface area (Å²) in [4.78, 5) is 14.1. The zero-order valence-corrected chi connectivity index (χ0v) is 11.0. The van der Waals surface area contributed by atoms with Gasteiger partial charge in [-0.25, -0.2) is 0 Å². The van der Waals surface area contributed by atoms with Gasteiger partial charge in [0.2, 0.25) is 0 Å². The lowest BCUT2D eigenvalue weighted by Crippen LogP contribution is -2.23. The number of rotatable bonds is 1. The number of anilines is 1. The normalized spacial score (nSPS) is 13.8. The highest BCUT2D eigenvalue weighted by atomic mass is 16.3. The van der Waals surface area contributed by atoms with E-state index in [1.54, 1.807) is 23.1 Å². The third-order valence-electron chi connectivity index (χ3n) is 3.75. The monoisotopic (exact) mass is 253 g/mol. The second kappa shape index (κ2) is 4.12. The first-order chi connectivity index (χ1) is 9.08. The largest absolute Gasteiger partial charge is 0.508 e. The summed E-state index contributed by atoms with van der Waals surface area (Å²) in [5.74, 6) is 0.145. The van der Waals surface area contributed by atoms with Gasteiger partial charge < -0.3 is 10.0 Å². The number of amides is 1. The van der Waals surface area contributed by atoms with Crippen LogP contribution in [0, 0.1) is 13.8 Å². The molecule has 3 nitrogen and oxygen atoms in total. The van der Waals surface area contributed by atoms with Crippen LogP contribution >= 0.6 is 0 Å². The highest BCUT2D eigenvalue weighted by Crippen LogP contribution is 2.33. The van der Waals surface area contributed by atoms with E-state index in [0.717, 1.165) is 11.3 Å². The van der Waals surface area contributed by atoms with E-state index in [0.29, 0.717) is 17.7 Å². The van der Waals surface area contributed by atoms with Crippen molar-refractivity contribution in [2.75, 3.05) is 4.90 Å². The van der Waals surface area contributed by atoms with Crippen molar-refractivity contribution in [3.63, 3.8) is 0 Å². The van der Waals surface area contributed by atoms with E-state index < -0.39 is 0 Å². The Kier molecular flexibility index (Phi) is 2.56. The van der Waals surface area contributed by atoms with Crippen LogP contribution < -0.4 is 4.90 Å². The molecule has 2 aromatic carbocycles. The molecule has 3 heteroatoms. The van der Waals surface area contributed by atoms with Gasteiger partial charge >= 0.3 is 0 Å². The Bertz CT molecular complexity index is 676. The Morgan fingerprint density at radius 2 is 1.89 bits per heavy atom. The number of hydrogen-bond donors (Lipinski definition) is 1. The molecule has 96 valence electrons. The first-order valence-corrected chi connectivity index (χ1v) is 6.28. The summed E-state index contributed by atoms with van der Waals surface area (Å²) in [5, 5.41) is 9.83. The van der Waals surface area contributed by atoms with Crippen LogP contribution in [-0.4, -0.2) is 11.0 Å². The van der Waals surface area contributed by atoms with Crippen molar-refractivity contribution in [1.29, 1.82) is 0 Å². The summed E-state index contributed by atoms with van der Waals surface area (Å²) in [6, 6.07) is 11.1. The SMILES string of the molecule is Cc1ccc(N2Cc3c(O)cccc3C2=O)cc1C. The molecule has 1 amide bonds. The Balaban J connectivity index is 2.04. The standard InChI is InChI=1S/C16H15NO2/c1-10-6-7-12(8-11(10)2)17-9-14-13(16(17)19)4-3-5-15(14)18/h3-8,18H,9H2,1-2H3. The Labute approximate surface area is 112 Å². The summed E-state index contributed by atoms with van der Waals surface area (Å²) < 4.78 is 0. The van der Waals surface area contributed by atoms with Gasteiger partial charge in [0.1, 0.15) is 5.75 Å². The Morgan fingerprint density at radius 1 is 1.11 bits per heavy atom. The van der Waals surface area contributed by atoms with Gasteiger partial charge in [-0.3, -0.25) is 4.79 Å². The molecule has 1 aliphatic rings. The average Bonchev–Trinajstić information content (AvgIpc) is 2.72. The summed E-state index contributed by atoms with van der Waals surface area (Å²) in [7, 11) is 0. The van der Waals surface area contributed by atoms with Gasteiger partial charge in [0.15, 0.2) is 0 Å². The van der Waals surface area contributed by atoms with Crippen molar-refractivity contribution in [2.45, 2.75) is 20.4 Å². The highest BCUT2D eigenvalue weighted by Gasteiger charge is 2.30. The van der Waals surface area contributed by atoms with E-state index in [2.05, 4.69) is 0 Å². The molecule has 1 heterocycles. The first-order valence-electron chi connectivity index (χ1n) is 6.28. The molecule has 0 radical (unpaired) electrons. The van der Waals surface area contributed by atoms with Gasteiger partial charge in [-0.1, -0.05) is 12.1 Å². The highest BCUT2D eigenvalue weighted by molar-refractivity contribution is 6.10. The summed E-state index contributed by atoms with van der Waals surface area (Å²) >= 11 is 0. The number of aromatic hydroxyl groups is 1. The fourth-order valence-corrected chi connectivity index (χ4v) is 2.42. The van der Waals surface area contributed by atoms with Crippen LogP contribution in [-0.2, 0) is 6.54 Å². The average molecular weight is 253 g/mol. The van der Waals surface area contributed by atoms with Crippen LogP contribution in [0.4, 0.5) is 5.69 Å². The van der Waals surface area contributed by atoms with Gasteiger partial charge in [0.05, 0.1) is 6.54 Å². The number of fused-ring (bicyclic) bond motifs is 1. The van der Waals surface area contributed by atoms with E-state index in [1.165, 1.54) is 5.56 Å². The van der Waals surface area contributed by atoms with E-state index in [4.69, 9.17) is 0 Å². The van der Waals surface area contributed by atoms with Crippen LogP contribution in [0.25, 0.3) is 0 Å². The van der Waals surface area contributed by atoms with Gasteiger partial charge in [-0.15, -0.1) is 0 Å². The van der Waals surface area contributed by atoms with Crippen LogP contribution in [0.15, 0.2) is 36.4 Å². The van der Waals surface area contributed by atoms with Crippen molar-refractivity contribution in [3.8, 4) is 5.75 Å². The molecule has 2 aromatic rings. The number of aryl methyl sites for hydroxylation is 2. The molecule has 0 saturated heterocycles. The maximum absolute atomic E-state index is 12.4. The van der Waals surface area contributed by atoms with Gasteiger partial charge in [0.25, 0.3) is 5.91 Å². The van der Waals surface area contributed by atoms with Crippen molar-refractivity contribution < 1.29 is 9.90 Å². The maximum Gasteiger partial charge on any atom is 0.259 e. The van der Waals surface area contributed by atoms with Gasteiger partial charge in [-0.2, -0.15) is 0 Å². The van der Waals surface area contributed by atoms with Crippen LogP contribution in [0.5, 0.6) is 5.75 Å². The third-order valence-corrected chi connectivity index (χ3v) is 3.75. The number of phenols is 1. The molecule has 0 aliphatic carbocycles. The molecule has 0 unspecified atom stereocenters. The first kappa shape index (κ1) is 11.8. The summed E-state index contributed by atoms with van der Waals surface area (Å²) in [6.07, 6.45) is 0. The third kappa shape index (κ3) is 1.78. The Hall–Kier alpha value is -2.29. The molecular formula is C16H15NO2. The molecular weight excluding hydrogens is 238 g/mol. The zero-order chi connectivity index (χ0) is 13.6. The Morgan fingerprint density at radius 3 is 2.58 bits per heavy atom. The van der Waals surface area contributed by atoms with Gasteiger partial charge in [-0.05, 0) is 49.2 Å². The van der Waals surface area contributed by atoms with E-state index in [1.807, 2.05) is 32.0 Å². The van der Waals surface area contributed by atoms with E-state index in [-0.39, 0.29) is 11.7 Å².